The molecule has 0 N–H and O–H groups in total. The Morgan fingerprint density at radius 3 is 2.67 bits per heavy atom. The van der Waals surface area contributed by atoms with Gasteiger partial charge >= 0.3 is 0 Å². The number of rotatable bonds is 2. The van der Waals surface area contributed by atoms with Gasteiger partial charge in [-0.25, -0.2) is 9.18 Å². The minimum atomic E-state index is -0.417. The third-order valence-electron chi connectivity index (χ3n) is 3.13. The predicted octanol–water partition coefficient (Wildman–Crippen LogP) is 2.85. The first-order chi connectivity index (χ1) is 7.18. The third kappa shape index (κ3) is 1.59. The molecular formula is C12H12FNO. The van der Waals surface area contributed by atoms with Gasteiger partial charge in [0.2, 0.25) is 6.08 Å². The molecule has 0 aromatic heterocycles. The van der Waals surface area contributed by atoms with Crippen LogP contribution in [0.1, 0.15) is 30.4 Å². The molecule has 0 amide bonds. The first-order valence-electron chi connectivity index (χ1n) is 5.04. The van der Waals surface area contributed by atoms with E-state index in [4.69, 9.17) is 0 Å². The summed E-state index contributed by atoms with van der Waals surface area (Å²) in [6, 6.07) is 4.63. The second-order valence-corrected chi connectivity index (χ2v) is 4.05. The molecule has 2 nitrogen and oxygen atoms in total. The van der Waals surface area contributed by atoms with E-state index in [1.165, 1.54) is 12.1 Å². The number of nitrogens with zero attached hydrogens (tertiary/aromatic N) is 1. The summed E-state index contributed by atoms with van der Waals surface area (Å²) in [6.45, 7) is 1.85. The Hall–Kier alpha value is -1.47. The summed E-state index contributed by atoms with van der Waals surface area (Å²) in [5, 5.41) is 0. The van der Waals surface area contributed by atoms with Crippen LogP contribution in [0.25, 0.3) is 0 Å². The van der Waals surface area contributed by atoms with Crippen LogP contribution in [-0.4, -0.2) is 6.08 Å². The Balaban J connectivity index is 2.47. The largest absolute Gasteiger partial charge is 0.235 e. The van der Waals surface area contributed by atoms with Crippen molar-refractivity contribution in [1.82, 2.24) is 0 Å². The fraction of sp³-hybridized carbons (Fsp3) is 0.417. The zero-order valence-corrected chi connectivity index (χ0v) is 8.59. The van der Waals surface area contributed by atoms with Gasteiger partial charge in [0.1, 0.15) is 5.82 Å². The summed E-state index contributed by atoms with van der Waals surface area (Å²) >= 11 is 0. The zero-order chi connectivity index (χ0) is 10.9. The van der Waals surface area contributed by atoms with E-state index < -0.39 is 5.54 Å². The maximum Gasteiger partial charge on any atom is 0.235 e. The van der Waals surface area contributed by atoms with E-state index in [2.05, 4.69) is 4.99 Å². The highest BCUT2D eigenvalue weighted by molar-refractivity contribution is 5.42. The SMILES string of the molecule is Cc1cc(F)ccc1C1(N=C=O)CCC1. The van der Waals surface area contributed by atoms with Gasteiger partial charge in [0.05, 0.1) is 5.54 Å². The predicted molar refractivity (Wildman–Crippen MR) is 54.8 cm³/mol. The summed E-state index contributed by atoms with van der Waals surface area (Å²) in [6.07, 6.45) is 4.40. The van der Waals surface area contributed by atoms with Gasteiger partial charge in [-0.15, -0.1) is 0 Å². The fourth-order valence-corrected chi connectivity index (χ4v) is 2.19. The van der Waals surface area contributed by atoms with E-state index in [1.54, 1.807) is 12.1 Å². The van der Waals surface area contributed by atoms with Crippen molar-refractivity contribution in [3.8, 4) is 0 Å². The van der Waals surface area contributed by atoms with E-state index >= 15 is 0 Å². The van der Waals surface area contributed by atoms with Gasteiger partial charge < -0.3 is 0 Å². The molecule has 1 aromatic carbocycles. The Bertz CT molecular complexity index is 431. The first-order valence-corrected chi connectivity index (χ1v) is 5.04. The summed E-state index contributed by atoms with van der Waals surface area (Å²) in [5.41, 5.74) is 1.40. The highest BCUT2D eigenvalue weighted by atomic mass is 19.1. The van der Waals surface area contributed by atoms with Gasteiger partial charge in [-0.3, -0.25) is 0 Å². The van der Waals surface area contributed by atoms with Gasteiger partial charge in [0.25, 0.3) is 0 Å². The lowest BCUT2D eigenvalue weighted by Crippen LogP contribution is -2.32. The molecule has 0 radical (unpaired) electrons. The van der Waals surface area contributed by atoms with Crippen LogP contribution in [0.4, 0.5) is 4.39 Å². The van der Waals surface area contributed by atoms with Gasteiger partial charge in [-0.1, -0.05) is 6.07 Å². The summed E-state index contributed by atoms with van der Waals surface area (Å²) in [7, 11) is 0. The van der Waals surface area contributed by atoms with Crippen LogP contribution >= 0.6 is 0 Å². The normalized spacial score (nSPS) is 17.7. The molecule has 1 saturated carbocycles. The molecule has 1 aromatic rings. The van der Waals surface area contributed by atoms with Gasteiger partial charge in [-0.2, -0.15) is 4.99 Å². The van der Waals surface area contributed by atoms with Crippen molar-refractivity contribution in [2.45, 2.75) is 31.7 Å². The lowest BCUT2D eigenvalue weighted by molar-refractivity contribution is 0.254. The van der Waals surface area contributed by atoms with Crippen molar-refractivity contribution in [1.29, 1.82) is 0 Å². The summed E-state index contributed by atoms with van der Waals surface area (Å²) in [4.78, 5) is 14.3. The quantitative estimate of drug-likeness (QED) is 0.539. The van der Waals surface area contributed by atoms with Crippen molar-refractivity contribution in [3.05, 3.63) is 35.1 Å². The smallest absolute Gasteiger partial charge is 0.211 e. The molecule has 0 unspecified atom stereocenters. The zero-order valence-electron chi connectivity index (χ0n) is 8.59. The minimum absolute atomic E-state index is 0.249. The van der Waals surface area contributed by atoms with Crippen LogP contribution < -0.4 is 0 Å². The fourth-order valence-electron chi connectivity index (χ4n) is 2.19. The number of carbonyl (C=O) groups excluding carboxylic acids is 1. The molecular weight excluding hydrogens is 193 g/mol. The molecule has 0 bridgehead atoms. The van der Waals surface area contributed by atoms with E-state index in [0.29, 0.717) is 0 Å². The number of aliphatic imine (C=N–C) groups is 1. The average molecular weight is 205 g/mol. The van der Waals surface area contributed by atoms with E-state index in [1.807, 2.05) is 6.92 Å². The maximum atomic E-state index is 12.9. The lowest BCUT2D eigenvalue weighted by atomic mass is 9.71. The van der Waals surface area contributed by atoms with Crippen molar-refractivity contribution < 1.29 is 9.18 Å². The Morgan fingerprint density at radius 1 is 1.47 bits per heavy atom. The molecule has 0 saturated heterocycles. The molecule has 0 atom stereocenters. The van der Waals surface area contributed by atoms with E-state index in [9.17, 15) is 9.18 Å². The molecule has 0 heterocycles. The molecule has 78 valence electrons. The number of hydrogen-bond donors (Lipinski definition) is 0. The molecule has 1 fully saturated rings. The topological polar surface area (TPSA) is 29.4 Å². The standard InChI is InChI=1S/C12H12FNO/c1-9-7-10(13)3-4-11(9)12(14-8-15)5-2-6-12/h3-4,7H,2,5-6H2,1H3. The second kappa shape index (κ2) is 3.59. The number of benzene rings is 1. The Morgan fingerprint density at radius 2 is 2.20 bits per heavy atom. The highest BCUT2D eigenvalue weighted by Gasteiger charge is 2.39. The molecule has 0 spiro atoms. The van der Waals surface area contributed by atoms with Crippen molar-refractivity contribution >= 4 is 6.08 Å². The highest BCUT2D eigenvalue weighted by Crippen LogP contribution is 2.45. The van der Waals surface area contributed by atoms with Crippen LogP contribution in [0, 0.1) is 12.7 Å². The van der Waals surface area contributed by atoms with Crippen LogP contribution in [-0.2, 0) is 10.3 Å². The number of aryl methyl sites for hydroxylation is 1. The molecule has 2 rings (SSSR count). The summed E-state index contributed by atoms with van der Waals surface area (Å²) < 4.78 is 12.9. The molecule has 15 heavy (non-hydrogen) atoms. The average Bonchev–Trinajstić information content (AvgIpc) is 2.12. The van der Waals surface area contributed by atoms with E-state index in [-0.39, 0.29) is 5.82 Å². The van der Waals surface area contributed by atoms with Gasteiger partial charge in [0, 0.05) is 0 Å². The maximum absolute atomic E-state index is 12.9. The van der Waals surface area contributed by atoms with Crippen molar-refractivity contribution in [2.24, 2.45) is 4.99 Å². The van der Waals surface area contributed by atoms with Crippen LogP contribution in [0.2, 0.25) is 0 Å². The van der Waals surface area contributed by atoms with Crippen LogP contribution in [0.5, 0.6) is 0 Å². The number of isocyanates is 1. The van der Waals surface area contributed by atoms with Crippen LogP contribution in [0.3, 0.4) is 0 Å². The van der Waals surface area contributed by atoms with Crippen molar-refractivity contribution in [3.63, 3.8) is 0 Å². The summed E-state index contributed by atoms with van der Waals surface area (Å²) in [5.74, 6) is -0.249. The monoisotopic (exact) mass is 205 g/mol. The van der Waals surface area contributed by atoms with Gasteiger partial charge in [-0.05, 0) is 49.4 Å². The van der Waals surface area contributed by atoms with E-state index in [0.717, 1.165) is 30.4 Å². The molecule has 1 aliphatic carbocycles. The Kier molecular flexibility index (Phi) is 2.41. The van der Waals surface area contributed by atoms with Crippen molar-refractivity contribution in [2.75, 3.05) is 0 Å². The first kappa shape index (κ1) is 10.1. The van der Waals surface area contributed by atoms with Gasteiger partial charge in [0.15, 0.2) is 0 Å². The van der Waals surface area contributed by atoms with Crippen LogP contribution in [0.15, 0.2) is 23.2 Å². The second-order valence-electron chi connectivity index (χ2n) is 4.05. The lowest BCUT2D eigenvalue weighted by Gasteiger charge is -2.38. The number of halogens is 1. The molecule has 1 aliphatic rings. The third-order valence-corrected chi connectivity index (χ3v) is 3.13. The Labute approximate surface area is 87.8 Å². The minimum Gasteiger partial charge on any atom is -0.211 e. The molecule has 0 aliphatic heterocycles. The number of hydrogen-bond acceptors (Lipinski definition) is 2. The molecule has 3 heteroatoms.